The van der Waals surface area contributed by atoms with Gasteiger partial charge in [-0.05, 0) is 38.5 Å². The highest BCUT2D eigenvalue weighted by atomic mass is 16.5. The van der Waals surface area contributed by atoms with Crippen LogP contribution in [0.2, 0.25) is 0 Å². The number of allylic oxidation sites excluding steroid dienone is 2. The maximum absolute atomic E-state index is 13.0. The van der Waals surface area contributed by atoms with E-state index in [4.69, 9.17) is 4.74 Å². The summed E-state index contributed by atoms with van der Waals surface area (Å²) in [6, 6.07) is 9.67. The van der Waals surface area contributed by atoms with Crippen LogP contribution in [0.25, 0.3) is 0 Å². The summed E-state index contributed by atoms with van der Waals surface area (Å²) in [4.78, 5) is 13.0. The molecule has 0 saturated heterocycles. The summed E-state index contributed by atoms with van der Waals surface area (Å²) in [5.74, 6) is 0.153. The van der Waals surface area contributed by atoms with Crippen LogP contribution in [0.1, 0.15) is 126 Å². The number of carbonyl (C=O) groups excluding carboxylic acids is 1. The molecule has 1 aromatic carbocycles. The van der Waals surface area contributed by atoms with Crippen molar-refractivity contribution in [3.8, 4) is 0 Å². The van der Waals surface area contributed by atoms with E-state index >= 15 is 0 Å². The van der Waals surface area contributed by atoms with Gasteiger partial charge in [0.1, 0.15) is 6.10 Å². The molecule has 2 heteroatoms. The maximum Gasteiger partial charge on any atom is 0.191 e. The Morgan fingerprint density at radius 1 is 0.667 bits per heavy atom. The zero-order valence-corrected chi connectivity index (χ0v) is 21.3. The van der Waals surface area contributed by atoms with Gasteiger partial charge in [0, 0.05) is 12.2 Å². The molecule has 1 rings (SSSR count). The van der Waals surface area contributed by atoms with E-state index in [1.54, 1.807) is 0 Å². The molecule has 0 fully saturated rings. The average Bonchev–Trinajstić information content (AvgIpc) is 2.85. The van der Waals surface area contributed by atoms with Crippen LogP contribution in [-0.2, 0) is 4.74 Å². The van der Waals surface area contributed by atoms with Gasteiger partial charge in [-0.25, -0.2) is 0 Å². The van der Waals surface area contributed by atoms with Gasteiger partial charge in [0.15, 0.2) is 5.78 Å². The molecule has 0 heterocycles. The van der Waals surface area contributed by atoms with Crippen LogP contribution >= 0.6 is 0 Å². The quantitative estimate of drug-likeness (QED) is 0.0882. The second-order valence-corrected chi connectivity index (χ2v) is 9.34. The maximum atomic E-state index is 13.0. The number of Topliss-reactive ketones (excluding diaryl/α,β-unsaturated/α-hetero) is 1. The molecule has 0 amide bonds. The fourth-order valence-electron chi connectivity index (χ4n) is 4.26. The van der Waals surface area contributed by atoms with E-state index in [9.17, 15) is 4.79 Å². The minimum atomic E-state index is -0.287. The zero-order chi connectivity index (χ0) is 23.8. The van der Waals surface area contributed by atoms with Crippen molar-refractivity contribution in [1.29, 1.82) is 0 Å². The Morgan fingerprint density at radius 2 is 1.12 bits per heavy atom. The molecule has 2 nitrogen and oxygen atoms in total. The lowest BCUT2D eigenvalue weighted by atomic mass is 10.00. The number of hydrogen-bond acceptors (Lipinski definition) is 2. The van der Waals surface area contributed by atoms with Gasteiger partial charge >= 0.3 is 0 Å². The van der Waals surface area contributed by atoms with E-state index in [2.05, 4.69) is 13.2 Å². The molecule has 186 valence electrons. The fourth-order valence-corrected chi connectivity index (χ4v) is 4.26. The predicted octanol–water partition coefficient (Wildman–Crippen LogP) is 9.65. The molecule has 0 spiro atoms. The van der Waals surface area contributed by atoms with Crippen LogP contribution in [-0.4, -0.2) is 18.5 Å². The minimum Gasteiger partial charge on any atom is -0.370 e. The van der Waals surface area contributed by atoms with E-state index in [0.717, 1.165) is 37.7 Å². The van der Waals surface area contributed by atoms with Crippen LogP contribution in [0.4, 0.5) is 0 Å². The molecule has 0 bridgehead atoms. The lowest BCUT2D eigenvalue weighted by Gasteiger charge is -2.17. The van der Waals surface area contributed by atoms with Crippen molar-refractivity contribution in [2.24, 2.45) is 0 Å². The second-order valence-electron chi connectivity index (χ2n) is 9.34. The first-order valence-electron chi connectivity index (χ1n) is 13.7. The number of hydrogen-bond donors (Lipinski definition) is 0. The minimum absolute atomic E-state index is 0.153. The van der Waals surface area contributed by atoms with Crippen LogP contribution in [0.5, 0.6) is 0 Å². The third kappa shape index (κ3) is 16.6. The highest BCUT2D eigenvalue weighted by Crippen LogP contribution is 2.17. The topological polar surface area (TPSA) is 26.3 Å². The molecule has 0 aliphatic rings. The molecule has 1 aromatic rings. The lowest BCUT2D eigenvalue weighted by molar-refractivity contribution is 0.0354. The van der Waals surface area contributed by atoms with Crippen LogP contribution in [0.15, 0.2) is 55.6 Å². The Bertz CT molecular complexity index is 564. The number of unbranched alkanes of at least 4 members (excludes halogenated alkanes) is 15. The average molecular weight is 455 g/mol. The van der Waals surface area contributed by atoms with Crippen LogP contribution < -0.4 is 0 Å². The number of benzene rings is 1. The largest absolute Gasteiger partial charge is 0.370 e. The standard InChI is InChI=1S/C31H50O2/c1-3-5-7-9-11-13-14-16-18-23-27-30(31(32)29-25-21-20-22-26-29)33-28-24-19-17-15-12-10-8-6-4-2/h3-4,20-22,25-26,30H,1-2,5-19,23-24,27-28H2. The van der Waals surface area contributed by atoms with Gasteiger partial charge in [-0.1, -0.05) is 120 Å². The van der Waals surface area contributed by atoms with Crippen molar-refractivity contribution in [2.75, 3.05) is 6.61 Å². The predicted molar refractivity (Wildman–Crippen MR) is 144 cm³/mol. The Hall–Kier alpha value is -1.67. The summed E-state index contributed by atoms with van der Waals surface area (Å²) in [7, 11) is 0. The van der Waals surface area contributed by atoms with E-state index in [-0.39, 0.29) is 11.9 Å². The molecule has 0 aliphatic carbocycles. The van der Waals surface area contributed by atoms with Gasteiger partial charge in [-0.15, -0.1) is 13.2 Å². The van der Waals surface area contributed by atoms with Crippen molar-refractivity contribution in [1.82, 2.24) is 0 Å². The Balaban J connectivity index is 2.22. The van der Waals surface area contributed by atoms with Gasteiger partial charge in [-0.2, -0.15) is 0 Å². The van der Waals surface area contributed by atoms with Crippen LogP contribution in [0.3, 0.4) is 0 Å². The van der Waals surface area contributed by atoms with Crippen molar-refractivity contribution < 1.29 is 9.53 Å². The van der Waals surface area contributed by atoms with Gasteiger partial charge in [0.2, 0.25) is 0 Å². The lowest BCUT2D eigenvalue weighted by Crippen LogP contribution is -2.25. The van der Waals surface area contributed by atoms with Crippen molar-refractivity contribution in [2.45, 2.75) is 122 Å². The third-order valence-electron chi connectivity index (χ3n) is 6.35. The molecule has 0 saturated carbocycles. The SMILES string of the molecule is C=CCCCCCCCCCCC(OCCCCCCCCCC=C)C(=O)c1ccccc1. The molecular formula is C31H50O2. The first-order chi connectivity index (χ1) is 16.3. The highest BCUT2D eigenvalue weighted by molar-refractivity contribution is 5.99. The highest BCUT2D eigenvalue weighted by Gasteiger charge is 2.20. The molecule has 1 atom stereocenters. The zero-order valence-electron chi connectivity index (χ0n) is 21.3. The van der Waals surface area contributed by atoms with Crippen molar-refractivity contribution >= 4 is 5.78 Å². The number of ether oxygens (including phenoxy) is 1. The Labute approximate surface area is 204 Å². The Kier molecular flexibility index (Phi) is 19.7. The second kappa shape index (κ2) is 22.1. The van der Waals surface area contributed by atoms with E-state index in [0.29, 0.717) is 6.61 Å². The van der Waals surface area contributed by atoms with Gasteiger partial charge < -0.3 is 4.74 Å². The third-order valence-corrected chi connectivity index (χ3v) is 6.35. The number of rotatable bonds is 24. The summed E-state index contributed by atoms with van der Waals surface area (Å²) < 4.78 is 6.13. The van der Waals surface area contributed by atoms with E-state index in [1.165, 1.54) is 83.5 Å². The monoisotopic (exact) mass is 454 g/mol. The molecule has 0 aliphatic heterocycles. The summed E-state index contributed by atoms with van der Waals surface area (Å²) in [5, 5.41) is 0. The van der Waals surface area contributed by atoms with Crippen molar-refractivity contribution in [3.63, 3.8) is 0 Å². The van der Waals surface area contributed by atoms with E-state index < -0.39 is 0 Å². The number of carbonyl (C=O) groups is 1. The molecule has 0 N–H and O–H groups in total. The van der Waals surface area contributed by atoms with Gasteiger partial charge in [0.25, 0.3) is 0 Å². The molecular weight excluding hydrogens is 404 g/mol. The van der Waals surface area contributed by atoms with Gasteiger partial charge in [-0.3, -0.25) is 4.79 Å². The van der Waals surface area contributed by atoms with Crippen molar-refractivity contribution in [3.05, 3.63) is 61.2 Å². The molecule has 0 radical (unpaired) electrons. The first kappa shape index (κ1) is 29.4. The van der Waals surface area contributed by atoms with Gasteiger partial charge in [0.05, 0.1) is 0 Å². The summed E-state index contributed by atoms with van der Waals surface area (Å²) >= 11 is 0. The normalized spacial score (nSPS) is 11.9. The fraction of sp³-hybridized carbons (Fsp3) is 0.645. The Morgan fingerprint density at radius 3 is 1.64 bits per heavy atom. The molecule has 33 heavy (non-hydrogen) atoms. The molecule has 1 unspecified atom stereocenters. The smallest absolute Gasteiger partial charge is 0.191 e. The first-order valence-corrected chi connectivity index (χ1v) is 13.7. The van der Waals surface area contributed by atoms with E-state index in [1.807, 2.05) is 42.5 Å². The summed E-state index contributed by atoms with van der Waals surface area (Å²) in [6.07, 6.45) is 25.7. The summed E-state index contributed by atoms with van der Waals surface area (Å²) in [5.41, 5.74) is 0.779. The van der Waals surface area contributed by atoms with Crippen LogP contribution in [0, 0.1) is 0 Å². The molecule has 0 aromatic heterocycles. The number of ketones is 1. The summed E-state index contributed by atoms with van der Waals surface area (Å²) in [6.45, 7) is 8.26.